The van der Waals surface area contributed by atoms with E-state index in [4.69, 9.17) is 5.73 Å². The molecule has 2 N–H and O–H groups in total. The van der Waals surface area contributed by atoms with Crippen LogP contribution in [0.5, 0.6) is 0 Å². The standard InChI is InChI=1S/C17H33N3O/c1-19-10-6-7-15(12-19)13-20(2)16(21)11-17(14-18)8-4-3-5-9-17/h15H,3-14,18H2,1-2H3. The molecule has 1 saturated carbocycles. The van der Waals surface area contributed by atoms with Crippen molar-refractivity contribution in [2.75, 3.05) is 40.3 Å². The van der Waals surface area contributed by atoms with Crippen molar-refractivity contribution in [1.29, 1.82) is 0 Å². The normalized spacial score (nSPS) is 26.5. The van der Waals surface area contributed by atoms with Crippen LogP contribution < -0.4 is 5.73 Å². The molecule has 2 rings (SSSR count). The van der Waals surface area contributed by atoms with Crippen molar-refractivity contribution in [2.45, 2.75) is 51.4 Å². The van der Waals surface area contributed by atoms with E-state index in [1.807, 2.05) is 11.9 Å². The highest BCUT2D eigenvalue weighted by molar-refractivity contribution is 5.76. The molecule has 0 aromatic heterocycles. The Kier molecular flexibility index (Phi) is 6.06. The van der Waals surface area contributed by atoms with Crippen LogP contribution in [0.25, 0.3) is 0 Å². The lowest BCUT2D eigenvalue weighted by atomic mass is 9.71. The number of piperidine rings is 1. The van der Waals surface area contributed by atoms with Gasteiger partial charge < -0.3 is 15.5 Å². The molecule has 1 unspecified atom stereocenters. The van der Waals surface area contributed by atoms with E-state index in [-0.39, 0.29) is 5.41 Å². The molecule has 4 heteroatoms. The third kappa shape index (κ3) is 4.68. The summed E-state index contributed by atoms with van der Waals surface area (Å²) in [5.41, 5.74) is 6.10. The van der Waals surface area contributed by atoms with Crippen molar-refractivity contribution in [3.63, 3.8) is 0 Å². The molecular formula is C17H33N3O. The second-order valence-electron chi connectivity index (χ2n) is 7.49. The van der Waals surface area contributed by atoms with E-state index in [2.05, 4.69) is 11.9 Å². The van der Waals surface area contributed by atoms with Crippen LogP contribution >= 0.6 is 0 Å². The van der Waals surface area contributed by atoms with Crippen molar-refractivity contribution in [3.05, 3.63) is 0 Å². The van der Waals surface area contributed by atoms with Gasteiger partial charge in [0, 0.05) is 26.6 Å². The fourth-order valence-electron chi connectivity index (χ4n) is 4.12. The third-order valence-electron chi connectivity index (χ3n) is 5.55. The zero-order valence-corrected chi connectivity index (χ0v) is 13.9. The Morgan fingerprint density at radius 3 is 2.62 bits per heavy atom. The Morgan fingerprint density at radius 1 is 1.29 bits per heavy atom. The Balaban J connectivity index is 1.83. The van der Waals surface area contributed by atoms with Gasteiger partial charge in [0.2, 0.25) is 5.91 Å². The first kappa shape index (κ1) is 16.8. The Morgan fingerprint density at radius 2 is 2.00 bits per heavy atom. The van der Waals surface area contributed by atoms with E-state index in [1.54, 1.807) is 0 Å². The minimum Gasteiger partial charge on any atom is -0.345 e. The number of nitrogens with zero attached hydrogens (tertiary/aromatic N) is 2. The van der Waals surface area contributed by atoms with Gasteiger partial charge in [-0.1, -0.05) is 19.3 Å². The Bertz CT molecular complexity index is 339. The molecule has 0 aromatic carbocycles. The number of rotatable bonds is 5. The zero-order valence-electron chi connectivity index (χ0n) is 13.9. The van der Waals surface area contributed by atoms with E-state index in [9.17, 15) is 4.79 Å². The molecule has 0 radical (unpaired) electrons. The van der Waals surface area contributed by atoms with Crippen LogP contribution in [0.2, 0.25) is 0 Å². The molecule has 21 heavy (non-hydrogen) atoms. The number of likely N-dealkylation sites (tertiary alicyclic amines) is 1. The fourth-order valence-corrected chi connectivity index (χ4v) is 4.12. The molecular weight excluding hydrogens is 262 g/mol. The molecule has 1 heterocycles. The van der Waals surface area contributed by atoms with Gasteiger partial charge in [0.15, 0.2) is 0 Å². The van der Waals surface area contributed by atoms with Gasteiger partial charge in [-0.3, -0.25) is 4.79 Å². The van der Waals surface area contributed by atoms with Crippen LogP contribution in [0.1, 0.15) is 51.4 Å². The number of carbonyl (C=O) groups is 1. The molecule has 2 aliphatic rings. The lowest BCUT2D eigenvalue weighted by Crippen LogP contribution is -2.43. The summed E-state index contributed by atoms with van der Waals surface area (Å²) in [6.07, 6.45) is 9.22. The molecule has 0 aromatic rings. The minimum atomic E-state index is 0.0902. The fraction of sp³-hybridized carbons (Fsp3) is 0.941. The predicted octanol–water partition coefficient (Wildman–Crippen LogP) is 2.09. The van der Waals surface area contributed by atoms with Gasteiger partial charge in [-0.2, -0.15) is 0 Å². The van der Waals surface area contributed by atoms with Gasteiger partial charge in [-0.05, 0) is 57.2 Å². The molecule has 1 amide bonds. The smallest absolute Gasteiger partial charge is 0.222 e. The van der Waals surface area contributed by atoms with Crippen molar-refractivity contribution >= 4 is 5.91 Å². The van der Waals surface area contributed by atoms with Crippen LogP contribution in [0.4, 0.5) is 0 Å². The summed E-state index contributed by atoms with van der Waals surface area (Å²) < 4.78 is 0. The topological polar surface area (TPSA) is 49.6 Å². The van der Waals surface area contributed by atoms with Crippen LogP contribution in [0.3, 0.4) is 0 Å². The molecule has 0 spiro atoms. The van der Waals surface area contributed by atoms with Crippen molar-refractivity contribution in [2.24, 2.45) is 17.1 Å². The number of nitrogens with two attached hydrogens (primary N) is 1. The number of amides is 1. The van der Waals surface area contributed by atoms with Crippen molar-refractivity contribution < 1.29 is 4.79 Å². The molecule has 1 saturated heterocycles. The van der Waals surface area contributed by atoms with Crippen molar-refractivity contribution in [1.82, 2.24) is 9.80 Å². The number of hydrogen-bond acceptors (Lipinski definition) is 3. The molecule has 1 aliphatic heterocycles. The van der Waals surface area contributed by atoms with Crippen molar-refractivity contribution in [3.8, 4) is 0 Å². The van der Waals surface area contributed by atoms with Crippen LogP contribution in [0, 0.1) is 11.3 Å². The molecule has 122 valence electrons. The molecule has 1 atom stereocenters. The summed E-state index contributed by atoms with van der Waals surface area (Å²) in [7, 11) is 4.16. The number of hydrogen-bond donors (Lipinski definition) is 1. The van der Waals surface area contributed by atoms with Crippen LogP contribution in [-0.2, 0) is 4.79 Å². The maximum Gasteiger partial charge on any atom is 0.222 e. The van der Waals surface area contributed by atoms with Gasteiger partial charge in [0.05, 0.1) is 0 Å². The minimum absolute atomic E-state index is 0.0902. The van der Waals surface area contributed by atoms with Gasteiger partial charge in [0.25, 0.3) is 0 Å². The van der Waals surface area contributed by atoms with Crippen LogP contribution in [0.15, 0.2) is 0 Å². The van der Waals surface area contributed by atoms with E-state index in [0.717, 1.165) is 25.9 Å². The quantitative estimate of drug-likeness (QED) is 0.845. The van der Waals surface area contributed by atoms with Crippen LogP contribution in [-0.4, -0.2) is 56.0 Å². The first-order valence-electron chi connectivity index (χ1n) is 8.67. The largest absolute Gasteiger partial charge is 0.345 e. The maximum atomic E-state index is 12.6. The lowest BCUT2D eigenvalue weighted by Gasteiger charge is -2.38. The van der Waals surface area contributed by atoms with E-state index >= 15 is 0 Å². The highest BCUT2D eigenvalue weighted by atomic mass is 16.2. The summed E-state index contributed by atoms with van der Waals surface area (Å²) >= 11 is 0. The summed E-state index contributed by atoms with van der Waals surface area (Å²) in [6, 6.07) is 0. The van der Waals surface area contributed by atoms with Gasteiger partial charge in [0.1, 0.15) is 0 Å². The first-order valence-corrected chi connectivity index (χ1v) is 8.67. The average Bonchev–Trinajstić information content (AvgIpc) is 2.48. The monoisotopic (exact) mass is 295 g/mol. The summed E-state index contributed by atoms with van der Waals surface area (Å²) in [5.74, 6) is 0.938. The van der Waals surface area contributed by atoms with E-state index < -0.39 is 0 Å². The third-order valence-corrected chi connectivity index (χ3v) is 5.55. The molecule has 1 aliphatic carbocycles. The van der Waals surface area contributed by atoms with E-state index in [1.165, 1.54) is 38.6 Å². The zero-order chi connectivity index (χ0) is 15.3. The average molecular weight is 295 g/mol. The maximum absolute atomic E-state index is 12.6. The summed E-state index contributed by atoms with van der Waals surface area (Å²) in [4.78, 5) is 16.9. The summed E-state index contributed by atoms with van der Waals surface area (Å²) in [5, 5.41) is 0. The second kappa shape index (κ2) is 7.59. The molecule has 2 fully saturated rings. The predicted molar refractivity (Wildman–Crippen MR) is 87.0 cm³/mol. The number of carbonyl (C=O) groups excluding carboxylic acids is 1. The SMILES string of the molecule is CN1CCCC(CN(C)C(=O)CC2(CN)CCCCC2)C1. The Hall–Kier alpha value is -0.610. The Labute approximate surface area is 130 Å². The summed E-state index contributed by atoms with van der Waals surface area (Å²) in [6.45, 7) is 3.90. The van der Waals surface area contributed by atoms with Gasteiger partial charge in [-0.25, -0.2) is 0 Å². The molecule has 4 nitrogen and oxygen atoms in total. The second-order valence-corrected chi connectivity index (χ2v) is 7.49. The molecule has 0 bridgehead atoms. The van der Waals surface area contributed by atoms with Gasteiger partial charge in [-0.15, -0.1) is 0 Å². The first-order chi connectivity index (χ1) is 10.0. The van der Waals surface area contributed by atoms with E-state index in [0.29, 0.717) is 24.8 Å². The van der Waals surface area contributed by atoms with Gasteiger partial charge >= 0.3 is 0 Å². The highest BCUT2D eigenvalue weighted by Gasteiger charge is 2.34. The lowest BCUT2D eigenvalue weighted by molar-refractivity contribution is -0.133. The highest BCUT2D eigenvalue weighted by Crippen LogP contribution is 2.38.